The molecular weight excluding hydrogens is 439 g/mol. The Bertz CT molecular complexity index is 552. The molecule has 0 radical (unpaired) electrons. The average molecular weight is 474 g/mol. The molecule has 1 aliphatic heterocycles. The van der Waals surface area contributed by atoms with E-state index in [0.29, 0.717) is 6.61 Å². The Morgan fingerprint density at radius 3 is 2.73 bits per heavy atom. The molecule has 0 aromatic heterocycles. The summed E-state index contributed by atoms with van der Waals surface area (Å²) in [7, 11) is 3.52. The zero-order valence-electron chi connectivity index (χ0n) is 16.6. The van der Waals surface area contributed by atoms with Crippen LogP contribution in [-0.2, 0) is 17.8 Å². The van der Waals surface area contributed by atoms with Gasteiger partial charge in [0.05, 0.1) is 6.61 Å². The smallest absolute Gasteiger partial charge is 0.191 e. The molecule has 148 valence electrons. The number of guanidine groups is 1. The lowest BCUT2D eigenvalue weighted by molar-refractivity contribution is 0.176. The fourth-order valence-corrected chi connectivity index (χ4v) is 3.45. The van der Waals surface area contributed by atoms with Crippen molar-refractivity contribution in [1.82, 2.24) is 15.5 Å². The molecule has 0 saturated carbocycles. The molecule has 2 unspecified atom stereocenters. The van der Waals surface area contributed by atoms with E-state index < -0.39 is 0 Å². The third kappa shape index (κ3) is 7.80. The van der Waals surface area contributed by atoms with Crippen molar-refractivity contribution in [3.05, 3.63) is 35.4 Å². The topological polar surface area (TPSA) is 48.9 Å². The van der Waals surface area contributed by atoms with Gasteiger partial charge in [-0.15, -0.1) is 24.0 Å². The van der Waals surface area contributed by atoms with Gasteiger partial charge in [-0.2, -0.15) is 0 Å². The van der Waals surface area contributed by atoms with Crippen molar-refractivity contribution in [2.24, 2.45) is 10.9 Å². The summed E-state index contributed by atoms with van der Waals surface area (Å²) in [5, 5.41) is 6.77. The minimum Gasteiger partial charge on any atom is -0.383 e. The highest BCUT2D eigenvalue weighted by molar-refractivity contribution is 14.0. The minimum absolute atomic E-state index is 0. The summed E-state index contributed by atoms with van der Waals surface area (Å²) in [5.41, 5.74) is 2.74. The number of hydrogen-bond acceptors (Lipinski definition) is 3. The molecule has 2 atom stereocenters. The number of nitrogens with zero attached hydrogens (tertiary/aromatic N) is 2. The number of methoxy groups -OCH3 is 1. The number of rotatable bonds is 7. The maximum atomic E-state index is 5.17. The summed E-state index contributed by atoms with van der Waals surface area (Å²) >= 11 is 0. The minimum atomic E-state index is 0. The Labute approximate surface area is 176 Å². The van der Waals surface area contributed by atoms with Gasteiger partial charge in [0.15, 0.2) is 5.96 Å². The Morgan fingerprint density at radius 1 is 1.35 bits per heavy atom. The molecule has 2 rings (SSSR count). The second-order valence-corrected chi connectivity index (χ2v) is 7.18. The van der Waals surface area contributed by atoms with E-state index in [1.165, 1.54) is 37.1 Å². The maximum absolute atomic E-state index is 5.17. The van der Waals surface area contributed by atoms with Crippen LogP contribution in [0, 0.1) is 5.92 Å². The van der Waals surface area contributed by atoms with E-state index >= 15 is 0 Å². The third-order valence-electron chi connectivity index (χ3n) is 4.72. The van der Waals surface area contributed by atoms with Gasteiger partial charge >= 0.3 is 0 Å². The van der Waals surface area contributed by atoms with E-state index in [1.54, 1.807) is 14.2 Å². The van der Waals surface area contributed by atoms with Crippen LogP contribution in [-0.4, -0.2) is 50.8 Å². The number of hydrogen-bond donors (Lipinski definition) is 2. The number of piperidine rings is 1. The first-order valence-corrected chi connectivity index (χ1v) is 9.37. The lowest BCUT2D eigenvalue weighted by Crippen LogP contribution is -2.43. The van der Waals surface area contributed by atoms with E-state index in [4.69, 9.17) is 4.74 Å². The highest BCUT2D eigenvalue weighted by Gasteiger charge is 2.17. The van der Waals surface area contributed by atoms with Crippen molar-refractivity contribution in [3.8, 4) is 0 Å². The second-order valence-electron chi connectivity index (χ2n) is 7.18. The van der Waals surface area contributed by atoms with Gasteiger partial charge in [0.2, 0.25) is 0 Å². The fraction of sp³-hybridized carbons (Fsp3) is 0.650. The Morgan fingerprint density at radius 2 is 2.08 bits per heavy atom. The lowest BCUT2D eigenvalue weighted by Gasteiger charge is -2.31. The van der Waals surface area contributed by atoms with Crippen LogP contribution in [0.5, 0.6) is 0 Å². The molecule has 6 heteroatoms. The SMILES string of the molecule is CN=C(NCc1ccccc1CN1CCCC(C)C1)NC(C)COC.I. The predicted octanol–water partition coefficient (Wildman–Crippen LogP) is 3.24. The van der Waals surface area contributed by atoms with Crippen LogP contribution in [0.2, 0.25) is 0 Å². The largest absolute Gasteiger partial charge is 0.383 e. The fourth-order valence-electron chi connectivity index (χ4n) is 3.45. The van der Waals surface area contributed by atoms with Crippen LogP contribution in [0.15, 0.2) is 29.3 Å². The van der Waals surface area contributed by atoms with E-state index in [9.17, 15) is 0 Å². The first kappa shape index (κ1) is 23.2. The van der Waals surface area contributed by atoms with Crippen molar-refractivity contribution < 1.29 is 4.74 Å². The first-order chi connectivity index (χ1) is 12.1. The monoisotopic (exact) mass is 474 g/mol. The number of aliphatic imine (C=N–C) groups is 1. The molecule has 26 heavy (non-hydrogen) atoms. The Balaban J connectivity index is 0.00000338. The average Bonchev–Trinajstić information content (AvgIpc) is 2.60. The molecule has 0 spiro atoms. The molecule has 1 aliphatic rings. The van der Waals surface area contributed by atoms with Crippen molar-refractivity contribution in [2.75, 3.05) is 33.9 Å². The number of benzene rings is 1. The summed E-state index contributed by atoms with van der Waals surface area (Å²) in [5.74, 6) is 1.62. The molecule has 5 nitrogen and oxygen atoms in total. The lowest BCUT2D eigenvalue weighted by atomic mass is 9.99. The predicted molar refractivity (Wildman–Crippen MR) is 120 cm³/mol. The second kappa shape index (κ2) is 12.5. The van der Waals surface area contributed by atoms with Crippen LogP contribution < -0.4 is 10.6 Å². The van der Waals surface area contributed by atoms with E-state index in [1.807, 2.05) is 0 Å². The van der Waals surface area contributed by atoms with Gasteiger partial charge in [-0.05, 0) is 43.4 Å². The Hall–Kier alpha value is -0.860. The van der Waals surface area contributed by atoms with Gasteiger partial charge in [-0.25, -0.2) is 0 Å². The zero-order valence-corrected chi connectivity index (χ0v) is 19.0. The summed E-state index contributed by atoms with van der Waals surface area (Å²) in [6, 6.07) is 8.94. The van der Waals surface area contributed by atoms with Crippen molar-refractivity contribution in [1.29, 1.82) is 0 Å². The summed E-state index contributed by atoms with van der Waals surface area (Å²) in [6.45, 7) is 9.33. The van der Waals surface area contributed by atoms with Crippen molar-refractivity contribution in [3.63, 3.8) is 0 Å². The number of nitrogens with one attached hydrogen (secondary N) is 2. The molecule has 1 aromatic carbocycles. The van der Waals surface area contributed by atoms with Crippen LogP contribution >= 0.6 is 24.0 Å². The van der Waals surface area contributed by atoms with Gasteiger partial charge in [0.1, 0.15) is 0 Å². The van der Waals surface area contributed by atoms with E-state index in [0.717, 1.165) is 25.0 Å². The normalized spacial score (nSPS) is 19.5. The molecule has 1 heterocycles. The van der Waals surface area contributed by atoms with Crippen molar-refractivity contribution >= 4 is 29.9 Å². The first-order valence-electron chi connectivity index (χ1n) is 9.37. The van der Waals surface area contributed by atoms with Gasteiger partial charge in [0, 0.05) is 39.8 Å². The quantitative estimate of drug-likeness (QED) is 0.362. The standard InChI is InChI=1S/C20H34N4O.HI/c1-16-8-7-11-24(13-16)14-19-10-6-5-9-18(19)12-22-20(21-3)23-17(2)15-25-4;/h5-6,9-10,16-17H,7-8,11-15H2,1-4H3,(H2,21,22,23);1H. The van der Waals surface area contributed by atoms with Crippen LogP contribution in [0.3, 0.4) is 0 Å². The van der Waals surface area contributed by atoms with Crippen LogP contribution in [0.1, 0.15) is 37.8 Å². The van der Waals surface area contributed by atoms with Gasteiger partial charge in [0.25, 0.3) is 0 Å². The van der Waals surface area contributed by atoms with Crippen LogP contribution in [0.25, 0.3) is 0 Å². The van der Waals surface area contributed by atoms with Crippen LogP contribution in [0.4, 0.5) is 0 Å². The molecule has 2 N–H and O–H groups in total. The number of likely N-dealkylation sites (tertiary alicyclic amines) is 1. The van der Waals surface area contributed by atoms with E-state index in [-0.39, 0.29) is 30.0 Å². The summed E-state index contributed by atoms with van der Waals surface area (Å²) in [6.07, 6.45) is 2.68. The highest BCUT2D eigenvalue weighted by Crippen LogP contribution is 2.19. The molecule has 0 aliphatic carbocycles. The van der Waals surface area contributed by atoms with Gasteiger partial charge in [-0.3, -0.25) is 9.89 Å². The Kier molecular flexibility index (Phi) is 11.2. The zero-order chi connectivity index (χ0) is 18.1. The molecule has 0 bridgehead atoms. The molecule has 0 amide bonds. The maximum Gasteiger partial charge on any atom is 0.191 e. The summed E-state index contributed by atoms with van der Waals surface area (Å²) < 4.78 is 5.17. The number of ether oxygens (including phenoxy) is 1. The molecule has 1 aromatic rings. The van der Waals surface area contributed by atoms with Crippen molar-refractivity contribution in [2.45, 2.75) is 45.8 Å². The summed E-state index contributed by atoms with van der Waals surface area (Å²) in [4.78, 5) is 6.89. The molecule has 1 fully saturated rings. The third-order valence-corrected chi connectivity index (χ3v) is 4.72. The van der Waals surface area contributed by atoms with Gasteiger partial charge < -0.3 is 15.4 Å². The van der Waals surface area contributed by atoms with E-state index in [2.05, 4.69) is 58.6 Å². The highest BCUT2D eigenvalue weighted by atomic mass is 127. The molecular formula is C20H35IN4O. The number of halogens is 1. The molecule has 1 saturated heterocycles. The van der Waals surface area contributed by atoms with Gasteiger partial charge in [-0.1, -0.05) is 31.2 Å².